The minimum Gasteiger partial charge on any atom is -0.382 e. The molecule has 0 unspecified atom stereocenters. The number of rotatable bonds is 6. The van der Waals surface area contributed by atoms with Crippen LogP contribution in [0.1, 0.15) is 23.2 Å². The second-order valence-corrected chi connectivity index (χ2v) is 8.58. The van der Waals surface area contributed by atoms with Crippen LogP contribution in [0.25, 0.3) is 27.7 Å². The number of aromatic nitrogens is 5. The van der Waals surface area contributed by atoms with E-state index in [1.165, 1.54) is 6.33 Å². The fraction of sp³-hybridized carbons (Fsp3) is 0.167. The molecule has 1 aliphatic rings. The molecule has 0 bridgehead atoms. The van der Waals surface area contributed by atoms with Crippen molar-refractivity contribution in [3.05, 3.63) is 66.1 Å². The van der Waals surface area contributed by atoms with Gasteiger partial charge in [0.1, 0.15) is 23.2 Å². The van der Waals surface area contributed by atoms with Gasteiger partial charge in [-0.25, -0.2) is 23.3 Å². The van der Waals surface area contributed by atoms with E-state index < -0.39 is 11.6 Å². The van der Waals surface area contributed by atoms with Crippen LogP contribution in [0, 0.1) is 17.6 Å². The van der Waals surface area contributed by atoms with Crippen molar-refractivity contribution >= 4 is 39.9 Å². The number of hydrogen-bond donors (Lipinski definition) is 4. The molecule has 0 saturated heterocycles. The van der Waals surface area contributed by atoms with Crippen LogP contribution < -0.4 is 16.4 Å². The SMILES string of the molecule is Nc1ncnn2cc(C(=O)NCC3CC3)c(-c3ccc(Nc4nc5cc(F)cc(F)c5[nH]4)cc3)c12. The van der Waals surface area contributed by atoms with E-state index in [2.05, 4.69) is 30.7 Å². The Bertz CT molecular complexity index is 1590. The van der Waals surface area contributed by atoms with Gasteiger partial charge < -0.3 is 21.4 Å². The van der Waals surface area contributed by atoms with Gasteiger partial charge in [0.25, 0.3) is 5.91 Å². The van der Waals surface area contributed by atoms with Gasteiger partial charge in [0.15, 0.2) is 11.6 Å². The number of carbonyl (C=O) groups is 1. The second-order valence-electron chi connectivity index (χ2n) is 8.58. The number of halogens is 2. The van der Waals surface area contributed by atoms with E-state index in [0.29, 0.717) is 34.8 Å². The molecule has 1 amide bonds. The predicted molar refractivity (Wildman–Crippen MR) is 127 cm³/mol. The van der Waals surface area contributed by atoms with Crippen LogP contribution in [0.2, 0.25) is 0 Å². The Morgan fingerprint density at radius 1 is 1.20 bits per heavy atom. The number of nitrogens with one attached hydrogen (secondary N) is 3. The van der Waals surface area contributed by atoms with Crippen molar-refractivity contribution in [3.63, 3.8) is 0 Å². The first kappa shape index (κ1) is 21.0. The third kappa shape index (κ3) is 3.90. The summed E-state index contributed by atoms with van der Waals surface area (Å²) in [6.45, 7) is 0.635. The van der Waals surface area contributed by atoms with Crippen LogP contribution in [-0.4, -0.2) is 37.0 Å². The molecule has 0 atom stereocenters. The predicted octanol–water partition coefficient (Wildman–Crippen LogP) is 4.02. The highest BCUT2D eigenvalue weighted by Crippen LogP contribution is 2.34. The average Bonchev–Trinajstić information content (AvgIpc) is 3.44. The summed E-state index contributed by atoms with van der Waals surface area (Å²) in [4.78, 5) is 24.1. The van der Waals surface area contributed by atoms with Gasteiger partial charge in [-0.05, 0) is 36.5 Å². The summed E-state index contributed by atoms with van der Waals surface area (Å²) in [5.74, 6) is -0.547. The Morgan fingerprint density at radius 2 is 2.00 bits per heavy atom. The number of nitrogens with two attached hydrogens (primary N) is 1. The number of nitrogen functional groups attached to an aromatic ring is 1. The first-order valence-corrected chi connectivity index (χ1v) is 11.1. The Balaban J connectivity index is 1.33. The average molecular weight is 474 g/mol. The Kier molecular flexibility index (Phi) is 4.83. The van der Waals surface area contributed by atoms with E-state index in [0.717, 1.165) is 30.5 Å². The number of benzene rings is 2. The van der Waals surface area contributed by atoms with E-state index >= 15 is 0 Å². The molecule has 3 heterocycles. The molecule has 1 aliphatic carbocycles. The molecule has 6 rings (SSSR count). The number of nitrogens with zero attached hydrogens (tertiary/aromatic N) is 4. The lowest BCUT2D eigenvalue weighted by Gasteiger charge is -2.09. The van der Waals surface area contributed by atoms with Crippen LogP contribution in [0.4, 0.5) is 26.2 Å². The van der Waals surface area contributed by atoms with Gasteiger partial charge in [-0.2, -0.15) is 5.10 Å². The van der Waals surface area contributed by atoms with E-state index in [1.807, 2.05) is 12.1 Å². The first-order chi connectivity index (χ1) is 17.0. The molecule has 35 heavy (non-hydrogen) atoms. The van der Waals surface area contributed by atoms with Gasteiger partial charge in [-0.3, -0.25) is 4.79 Å². The molecule has 0 radical (unpaired) electrons. The third-order valence-electron chi connectivity index (χ3n) is 6.04. The number of imidazole rings is 1. The summed E-state index contributed by atoms with van der Waals surface area (Å²) in [5.41, 5.74) is 9.46. The largest absolute Gasteiger partial charge is 0.382 e. The van der Waals surface area contributed by atoms with E-state index in [4.69, 9.17) is 5.73 Å². The zero-order chi connectivity index (χ0) is 24.1. The summed E-state index contributed by atoms with van der Waals surface area (Å²) in [6.07, 6.45) is 5.25. The highest BCUT2D eigenvalue weighted by Gasteiger charge is 2.25. The fourth-order valence-corrected chi connectivity index (χ4v) is 4.11. The smallest absolute Gasteiger partial charge is 0.253 e. The molecule has 0 aliphatic heterocycles. The van der Waals surface area contributed by atoms with Gasteiger partial charge in [0.2, 0.25) is 5.95 Å². The number of aromatic amines is 1. The maximum atomic E-state index is 14.0. The van der Waals surface area contributed by atoms with Gasteiger partial charge in [0.05, 0.1) is 11.1 Å². The van der Waals surface area contributed by atoms with Crippen molar-refractivity contribution in [2.24, 2.45) is 5.92 Å². The van der Waals surface area contributed by atoms with Gasteiger partial charge >= 0.3 is 0 Å². The summed E-state index contributed by atoms with van der Waals surface area (Å²) in [5, 5.41) is 10.3. The topological polar surface area (TPSA) is 126 Å². The van der Waals surface area contributed by atoms with Crippen LogP contribution >= 0.6 is 0 Å². The minimum absolute atomic E-state index is 0.114. The Labute approximate surface area is 197 Å². The standard InChI is InChI=1S/C24H20F2N8O/c25-14-7-17(26)20-18(8-14)32-24(33-20)31-15-5-3-13(4-6-15)19-16(23(35)28-9-12-1-2-12)10-34-21(19)22(27)29-11-30-34/h3-8,10-12H,1-2,9H2,(H,28,35)(H2,27,29,30)(H2,31,32,33). The lowest BCUT2D eigenvalue weighted by molar-refractivity contribution is 0.0952. The molecule has 5 N–H and O–H groups in total. The van der Waals surface area contributed by atoms with Crippen molar-refractivity contribution in [2.45, 2.75) is 12.8 Å². The maximum Gasteiger partial charge on any atom is 0.253 e. The maximum absolute atomic E-state index is 14.0. The van der Waals surface area contributed by atoms with Gasteiger partial charge in [0, 0.05) is 36.1 Å². The molecular weight excluding hydrogens is 454 g/mol. The van der Waals surface area contributed by atoms with Gasteiger partial charge in [-0.1, -0.05) is 12.1 Å². The molecule has 3 aromatic heterocycles. The number of hydrogen-bond acceptors (Lipinski definition) is 6. The first-order valence-electron chi connectivity index (χ1n) is 11.1. The Hall–Kier alpha value is -4.54. The number of H-pyrrole nitrogens is 1. The summed E-state index contributed by atoms with van der Waals surface area (Å²) < 4.78 is 29.0. The van der Waals surface area contributed by atoms with Crippen molar-refractivity contribution < 1.29 is 13.6 Å². The molecule has 1 fully saturated rings. The highest BCUT2D eigenvalue weighted by molar-refractivity contribution is 6.07. The summed E-state index contributed by atoms with van der Waals surface area (Å²) in [6, 6.07) is 9.18. The number of carbonyl (C=O) groups excluding carboxylic acids is 1. The number of amides is 1. The van der Waals surface area contributed by atoms with Crippen molar-refractivity contribution in [1.29, 1.82) is 0 Å². The molecule has 0 spiro atoms. The quantitative estimate of drug-likeness (QED) is 0.295. The van der Waals surface area contributed by atoms with Crippen LogP contribution in [0.3, 0.4) is 0 Å². The van der Waals surface area contributed by atoms with Crippen LogP contribution in [-0.2, 0) is 0 Å². The summed E-state index contributed by atoms with van der Waals surface area (Å²) in [7, 11) is 0. The Morgan fingerprint density at radius 3 is 2.77 bits per heavy atom. The lowest BCUT2D eigenvalue weighted by Crippen LogP contribution is -2.25. The summed E-state index contributed by atoms with van der Waals surface area (Å²) >= 11 is 0. The van der Waals surface area contributed by atoms with E-state index in [9.17, 15) is 13.6 Å². The third-order valence-corrected chi connectivity index (χ3v) is 6.04. The molecule has 2 aromatic carbocycles. The molecule has 1 saturated carbocycles. The van der Waals surface area contributed by atoms with Gasteiger partial charge in [-0.15, -0.1) is 0 Å². The minimum atomic E-state index is -0.719. The van der Waals surface area contributed by atoms with E-state index in [-0.39, 0.29) is 28.7 Å². The lowest BCUT2D eigenvalue weighted by atomic mass is 10.0. The second kappa shape index (κ2) is 8.05. The van der Waals surface area contributed by atoms with E-state index in [1.54, 1.807) is 22.8 Å². The fourth-order valence-electron chi connectivity index (χ4n) is 4.11. The highest BCUT2D eigenvalue weighted by atomic mass is 19.1. The normalized spacial score (nSPS) is 13.4. The zero-order valence-corrected chi connectivity index (χ0v) is 18.3. The molecule has 11 heteroatoms. The molecular formula is C24H20F2N8O. The number of anilines is 3. The molecule has 176 valence electrons. The van der Waals surface area contributed by atoms with Crippen LogP contribution in [0.15, 0.2) is 48.9 Å². The number of fused-ring (bicyclic) bond motifs is 2. The van der Waals surface area contributed by atoms with Crippen molar-refractivity contribution in [1.82, 2.24) is 29.9 Å². The molecule has 9 nitrogen and oxygen atoms in total. The zero-order valence-electron chi connectivity index (χ0n) is 18.3. The molecule has 5 aromatic rings. The van der Waals surface area contributed by atoms with Crippen molar-refractivity contribution in [2.75, 3.05) is 17.6 Å². The monoisotopic (exact) mass is 474 g/mol. The van der Waals surface area contributed by atoms with Crippen LogP contribution in [0.5, 0.6) is 0 Å². The van der Waals surface area contributed by atoms with Crippen molar-refractivity contribution in [3.8, 4) is 11.1 Å².